The van der Waals surface area contributed by atoms with Crippen LogP contribution >= 0.6 is 0 Å². The van der Waals surface area contributed by atoms with Crippen molar-refractivity contribution in [2.75, 3.05) is 5.32 Å². The summed E-state index contributed by atoms with van der Waals surface area (Å²) in [6.45, 7) is 0.329. The topological polar surface area (TPSA) is 56.9 Å². The van der Waals surface area contributed by atoms with E-state index in [0.717, 1.165) is 17.7 Å². The van der Waals surface area contributed by atoms with Gasteiger partial charge in [-0.1, -0.05) is 0 Å². The second-order valence-corrected chi connectivity index (χ2v) is 4.10. The highest BCUT2D eigenvalue weighted by atomic mass is 19.4. The number of H-pyrrole nitrogens is 1. The highest BCUT2D eigenvalue weighted by Gasteiger charge is 2.29. The third kappa shape index (κ3) is 3.78. The number of carbonyl (C=O) groups excluding carboxylic acids is 1. The molecule has 0 aliphatic rings. The SMILES string of the molecule is O=C(NCc1cc[nH]c1)Nc1ccc(C(F)(F)F)cc1. The van der Waals surface area contributed by atoms with Crippen molar-refractivity contribution >= 4 is 11.7 Å². The first-order valence-corrected chi connectivity index (χ1v) is 5.79. The maximum absolute atomic E-state index is 12.4. The Morgan fingerprint density at radius 1 is 1.15 bits per heavy atom. The summed E-state index contributed by atoms with van der Waals surface area (Å²) in [5.41, 5.74) is 0.438. The lowest BCUT2D eigenvalue weighted by Gasteiger charge is -2.09. The molecule has 4 nitrogen and oxygen atoms in total. The van der Waals surface area contributed by atoms with E-state index in [1.165, 1.54) is 12.1 Å². The van der Waals surface area contributed by atoms with Crippen LogP contribution in [0.4, 0.5) is 23.7 Å². The van der Waals surface area contributed by atoms with Crippen LogP contribution in [0, 0.1) is 0 Å². The van der Waals surface area contributed by atoms with Crippen LogP contribution in [0.15, 0.2) is 42.7 Å². The molecule has 1 heterocycles. The van der Waals surface area contributed by atoms with E-state index in [4.69, 9.17) is 0 Å². The minimum Gasteiger partial charge on any atom is -0.367 e. The fourth-order valence-electron chi connectivity index (χ4n) is 1.57. The van der Waals surface area contributed by atoms with Gasteiger partial charge in [0, 0.05) is 24.6 Å². The van der Waals surface area contributed by atoms with E-state index in [2.05, 4.69) is 15.6 Å². The van der Waals surface area contributed by atoms with Crippen LogP contribution in [0.1, 0.15) is 11.1 Å². The van der Waals surface area contributed by atoms with E-state index in [1.54, 1.807) is 18.5 Å². The smallest absolute Gasteiger partial charge is 0.367 e. The molecule has 20 heavy (non-hydrogen) atoms. The highest BCUT2D eigenvalue weighted by Crippen LogP contribution is 2.29. The minimum atomic E-state index is -4.38. The summed E-state index contributed by atoms with van der Waals surface area (Å²) < 4.78 is 37.1. The van der Waals surface area contributed by atoms with Crippen molar-refractivity contribution in [3.8, 4) is 0 Å². The molecule has 0 radical (unpaired) electrons. The molecular formula is C13H12F3N3O. The number of aromatic amines is 1. The van der Waals surface area contributed by atoms with Gasteiger partial charge in [-0.15, -0.1) is 0 Å². The van der Waals surface area contributed by atoms with Crippen molar-refractivity contribution in [3.05, 3.63) is 53.9 Å². The molecule has 106 valence electrons. The Morgan fingerprint density at radius 3 is 2.40 bits per heavy atom. The zero-order valence-corrected chi connectivity index (χ0v) is 10.3. The van der Waals surface area contributed by atoms with Crippen LogP contribution in [-0.2, 0) is 12.7 Å². The molecule has 0 bridgehead atoms. The maximum Gasteiger partial charge on any atom is 0.416 e. The molecule has 2 amide bonds. The van der Waals surface area contributed by atoms with E-state index in [9.17, 15) is 18.0 Å². The molecule has 7 heteroatoms. The average molecular weight is 283 g/mol. The summed E-state index contributed by atoms with van der Waals surface area (Å²) in [7, 11) is 0. The third-order valence-electron chi connectivity index (χ3n) is 2.59. The number of benzene rings is 1. The van der Waals surface area contributed by atoms with Gasteiger partial charge in [-0.25, -0.2) is 4.79 Å². The van der Waals surface area contributed by atoms with Gasteiger partial charge in [0.1, 0.15) is 0 Å². The van der Waals surface area contributed by atoms with E-state index in [-0.39, 0.29) is 0 Å². The van der Waals surface area contributed by atoms with Gasteiger partial charge in [-0.3, -0.25) is 0 Å². The number of alkyl halides is 3. The fraction of sp³-hybridized carbons (Fsp3) is 0.154. The molecule has 0 saturated carbocycles. The third-order valence-corrected chi connectivity index (χ3v) is 2.59. The monoisotopic (exact) mass is 283 g/mol. The highest BCUT2D eigenvalue weighted by molar-refractivity contribution is 5.89. The van der Waals surface area contributed by atoms with E-state index in [0.29, 0.717) is 12.2 Å². The summed E-state index contributed by atoms with van der Waals surface area (Å²) >= 11 is 0. The standard InChI is InChI=1S/C13H12F3N3O/c14-13(15,16)10-1-3-11(4-2-10)19-12(20)18-8-9-5-6-17-7-9/h1-7,17H,8H2,(H2,18,19,20). The lowest BCUT2D eigenvalue weighted by atomic mass is 10.2. The van der Waals surface area contributed by atoms with Gasteiger partial charge < -0.3 is 15.6 Å². The van der Waals surface area contributed by atoms with Crippen LogP contribution in [0.3, 0.4) is 0 Å². The number of hydrogen-bond acceptors (Lipinski definition) is 1. The summed E-state index contributed by atoms with van der Waals surface area (Å²) in [6.07, 6.45) is -0.918. The van der Waals surface area contributed by atoms with Gasteiger partial charge in [0.25, 0.3) is 0 Å². The van der Waals surface area contributed by atoms with Crippen molar-refractivity contribution < 1.29 is 18.0 Å². The summed E-state index contributed by atoms with van der Waals surface area (Å²) in [4.78, 5) is 14.4. The summed E-state index contributed by atoms with van der Waals surface area (Å²) in [5.74, 6) is 0. The molecule has 0 unspecified atom stereocenters. The fourth-order valence-corrected chi connectivity index (χ4v) is 1.57. The first-order chi connectivity index (χ1) is 9.45. The second kappa shape index (κ2) is 5.68. The number of aromatic nitrogens is 1. The number of carbonyl (C=O) groups is 1. The normalized spacial score (nSPS) is 11.2. The first kappa shape index (κ1) is 14.0. The Bertz CT molecular complexity index is 562. The Kier molecular flexibility index (Phi) is 3.97. The van der Waals surface area contributed by atoms with Crippen molar-refractivity contribution in [2.24, 2.45) is 0 Å². The molecule has 0 fully saturated rings. The minimum absolute atomic E-state index is 0.296. The zero-order valence-electron chi connectivity index (χ0n) is 10.3. The van der Waals surface area contributed by atoms with E-state index < -0.39 is 17.8 Å². The van der Waals surface area contributed by atoms with Gasteiger partial charge >= 0.3 is 12.2 Å². The average Bonchev–Trinajstić information content (AvgIpc) is 2.89. The van der Waals surface area contributed by atoms with Gasteiger partial charge in [-0.2, -0.15) is 13.2 Å². The van der Waals surface area contributed by atoms with Gasteiger partial charge in [0.05, 0.1) is 5.56 Å². The van der Waals surface area contributed by atoms with Gasteiger partial charge in [0.2, 0.25) is 0 Å². The second-order valence-electron chi connectivity index (χ2n) is 4.10. The zero-order chi connectivity index (χ0) is 14.6. The summed E-state index contributed by atoms with van der Waals surface area (Å²) in [6, 6.07) is 5.57. The number of urea groups is 1. The molecule has 1 aromatic heterocycles. The number of anilines is 1. The Morgan fingerprint density at radius 2 is 1.85 bits per heavy atom. The largest absolute Gasteiger partial charge is 0.416 e. The number of halogens is 3. The molecule has 0 aliphatic carbocycles. The molecule has 1 aromatic carbocycles. The van der Waals surface area contributed by atoms with Crippen molar-refractivity contribution in [1.82, 2.24) is 10.3 Å². The van der Waals surface area contributed by atoms with E-state index in [1.807, 2.05) is 0 Å². The van der Waals surface area contributed by atoms with Crippen LogP contribution in [0.5, 0.6) is 0 Å². The Balaban J connectivity index is 1.88. The number of amides is 2. The van der Waals surface area contributed by atoms with Crippen molar-refractivity contribution in [3.63, 3.8) is 0 Å². The number of hydrogen-bond donors (Lipinski definition) is 3. The predicted octanol–water partition coefficient (Wildman–Crippen LogP) is 3.36. The molecular weight excluding hydrogens is 271 g/mol. The van der Waals surface area contributed by atoms with Crippen LogP contribution < -0.4 is 10.6 Å². The molecule has 0 atom stereocenters. The van der Waals surface area contributed by atoms with Crippen LogP contribution in [0.2, 0.25) is 0 Å². The van der Waals surface area contributed by atoms with Crippen molar-refractivity contribution in [1.29, 1.82) is 0 Å². The van der Waals surface area contributed by atoms with Gasteiger partial charge in [-0.05, 0) is 35.9 Å². The number of nitrogens with one attached hydrogen (secondary N) is 3. The first-order valence-electron chi connectivity index (χ1n) is 5.79. The molecule has 0 saturated heterocycles. The van der Waals surface area contributed by atoms with Crippen molar-refractivity contribution in [2.45, 2.75) is 12.7 Å². The number of rotatable bonds is 3. The molecule has 2 aromatic rings. The summed E-state index contributed by atoms with van der Waals surface area (Å²) in [5, 5.41) is 5.04. The molecule has 0 spiro atoms. The quantitative estimate of drug-likeness (QED) is 0.795. The van der Waals surface area contributed by atoms with E-state index >= 15 is 0 Å². The maximum atomic E-state index is 12.4. The van der Waals surface area contributed by atoms with Crippen LogP contribution in [-0.4, -0.2) is 11.0 Å². The molecule has 2 rings (SSSR count). The molecule has 0 aliphatic heterocycles. The Hall–Kier alpha value is -2.44. The van der Waals surface area contributed by atoms with Gasteiger partial charge in [0.15, 0.2) is 0 Å². The van der Waals surface area contributed by atoms with Crippen LogP contribution in [0.25, 0.3) is 0 Å². The Labute approximate surface area is 113 Å². The lowest BCUT2D eigenvalue weighted by Crippen LogP contribution is -2.28. The lowest BCUT2D eigenvalue weighted by molar-refractivity contribution is -0.137. The molecule has 3 N–H and O–H groups in total. The predicted molar refractivity (Wildman–Crippen MR) is 68.1 cm³/mol.